The minimum Gasteiger partial charge on any atom is -0.394 e. The standard InChI is InChI=1S/C12H22O11/c13-1-3-5(15)7(17)8(18)12(22-3)23-10-6(16)4(2-14)21-11(20)9(10)19/h3-20H,1-2H2/t3-,4-,5-,6-,7+,8-,9-,10+,11?,12?/m1/s1. The van der Waals surface area contributed by atoms with Crippen LogP contribution in [-0.4, -0.2) is 115 Å². The van der Waals surface area contributed by atoms with E-state index in [9.17, 15) is 30.6 Å². The van der Waals surface area contributed by atoms with Crippen LogP contribution in [0.1, 0.15) is 0 Å². The summed E-state index contributed by atoms with van der Waals surface area (Å²) in [6.45, 7) is -1.34. The second kappa shape index (κ2) is 7.63. The number of rotatable bonds is 4. The van der Waals surface area contributed by atoms with E-state index in [2.05, 4.69) is 0 Å². The van der Waals surface area contributed by atoms with E-state index in [4.69, 9.17) is 24.4 Å². The Balaban J connectivity index is 2.11. The number of ether oxygens (including phenoxy) is 3. The molecule has 0 spiro atoms. The molecule has 2 heterocycles. The molecule has 0 aromatic rings. The fourth-order valence-corrected chi connectivity index (χ4v) is 2.56. The molecular weight excluding hydrogens is 320 g/mol. The normalized spacial score (nSPS) is 51.7. The van der Waals surface area contributed by atoms with Crippen LogP contribution >= 0.6 is 0 Å². The van der Waals surface area contributed by atoms with Gasteiger partial charge in [0, 0.05) is 0 Å². The molecule has 11 heteroatoms. The summed E-state index contributed by atoms with van der Waals surface area (Å²) in [5.41, 5.74) is 0. The van der Waals surface area contributed by atoms with Gasteiger partial charge in [-0.05, 0) is 0 Å². The summed E-state index contributed by atoms with van der Waals surface area (Å²) in [4.78, 5) is 0. The van der Waals surface area contributed by atoms with E-state index in [1.165, 1.54) is 0 Å². The summed E-state index contributed by atoms with van der Waals surface area (Å²) in [6.07, 6.45) is -15.7. The van der Waals surface area contributed by atoms with Crippen molar-refractivity contribution in [2.24, 2.45) is 0 Å². The molecule has 2 aliphatic heterocycles. The maximum absolute atomic E-state index is 10.00. The third-order valence-corrected chi connectivity index (χ3v) is 3.98. The van der Waals surface area contributed by atoms with E-state index in [1.807, 2.05) is 0 Å². The Morgan fingerprint density at radius 1 is 0.652 bits per heavy atom. The van der Waals surface area contributed by atoms with Crippen molar-refractivity contribution in [3.8, 4) is 0 Å². The molecule has 10 atom stereocenters. The Labute approximate surface area is 130 Å². The van der Waals surface area contributed by atoms with Crippen molar-refractivity contribution in [3.05, 3.63) is 0 Å². The monoisotopic (exact) mass is 342 g/mol. The van der Waals surface area contributed by atoms with Gasteiger partial charge in [0.1, 0.15) is 48.8 Å². The van der Waals surface area contributed by atoms with Gasteiger partial charge in [-0.2, -0.15) is 0 Å². The second-order valence-corrected chi connectivity index (χ2v) is 5.53. The molecule has 136 valence electrons. The van der Waals surface area contributed by atoms with Crippen molar-refractivity contribution in [1.29, 1.82) is 0 Å². The molecule has 0 amide bonds. The van der Waals surface area contributed by atoms with Gasteiger partial charge in [-0.25, -0.2) is 0 Å². The van der Waals surface area contributed by atoms with Crippen LogP contribution in [0.4, 0.5) is 0 Å². The maximum atomic E-state index is 10.00. The van der Waals surface area contributed by atoms with Crippen LogP contribution in [0.3, 0.4) is 0 Å². The zero-order valence-corrected chi connectivity index (χ0v) is 12.0. The summed E-state index contributed by atoms with van der Waals surface area (Å²) in [7, 11) is 0. The van der Waals surface area contributed by atoms with Crippen molar-refractivity contribution < 1.29 is 55.1 Å². The number of aliphatic hydroxyl groups is 8. The zero-order valence-electron chi connectivity index (χ0n) is 12.0. The van der Waals surface area contributed by atoms with Gasteiger partial charge < -0.3 is 55.1 Å². The molecule has 0 aromatic heterocycles. The predicted octanol–water partition coefficient (Wildman–Crippen LogP) is -5.40. The molecule has 2 unspecified atom stereocenters. The van der Waals surface area contributed by atoms with Gasteiger partial charge in [0.15, 0.2) is 12.6 Å². The zero-order chi connectivity index (χ0) is 17.3. The first-order valence-electron chi connectivity index (χ1n) is 7.08. The molecule has 0 radical (unpaired) electrons. The molecule has 2 aliphatic rings. The highest BCUT2D eigenvalue weighted by atomic mass is 16.7. The molecule has 2 fully saturated rings. The van der Waals surface area contributed by atoms with E-state index < -0.39 is 74.6 Å². The van der Waals surface area contributed by atoms with Crippen LogP contribution < -0.4 is 0 Å². The van der Waals surface area contributed by atoms with E-state index in [0.717, 1.165) is 0 Å². The van der Waals surface area contributed by atoms with Crippen molar-refractivity contribution in [3.63, 3.8) is 0 Å². The van der Waals surface area contributed by atoms with E-state index in [0.29, 0.717) is 0 Å². The number of aliphatic hydroxyl groups excluding tert-OH is 8. The number of hydrogen-bond donors (Lipinski definition) is 8. The minimum absolute atomic E-state index is 0.667. The smallest absolute Gasteiger partial charge is 0.187 e. The molecule has 2 rings (SSSR count). The molecule has 8 N–H and O–H groups in total. The fraction of sp³-hybridized carbons (Fsp3) is 1.00. The van der Waals surface area contributed by atoms with Gasteiger partial charge in [-0.1, -0.05) is 0 Å². The van der Waals surface area contributed by atoms with Crippen LogP contribution in [0.15, 0.2) is 0 Å². The molecule has 2 saturated heterocycles. The Bertz CT molecular complexity index is 380. The van der Waals surface area contributed by atoms with Crippen LogP contribution in [0.25, 0.3) is 0 Å². The van der Waals surface area contributed by atoms with Crippen LogP contribution in [-0.2, 0) is 14.2 Å². The van der Waals surface area contributed by atoms with Gasteiger partial charge in [0.25, 0.3) is 0 Å². The maximum Gasteiger partial charge on any atom is 0.187 e. The van der Waals surface area contributed by atoms with Crippen molar-refractivity contribution >= 4 is 0 Å². The lowest BCUT2D eigenvalue weighted by Gasteiger charge is -2.45. The van der Waals surface area contributed by atoms with Gasteiger partial charge in [0.05, 0.1) is 13.2 Å². The molecule has 0 aliphatic carbocycles. The molecule has 0 saturated carbocycles. The highest BCUT2D eigenvalue weighted by molar-refractivity contribution is 4.93. The van der Waals surface area contributed by atoms with Gasteiger partial charge >= 0.3 is 0 Å². The van der Waals surface area contributed by atoms with E-state index in [-0.39, 0.29) is 0 Å². The lowest BCUT2D eigenvalue weighted by atomic mass is 9.97. The summed E-state index contributed by atoms with van der Waals surface area (Å²) in [5, 5.41) is 76.8. The molecule has 11 nitrogen and oxygen atoms in total. The topological polar surface area (TPSA) is 190 Å². The predicted molar refractivity (Wildman–Crippen MR) is 68.6 cm³/mol. The molecular formula is C12H22O11. The second-order valence-electron chi connectivity index (χ2n) is 5.53. The lowest BCUT2D eigenvalue weighted by Crippen LogP contribution is -2.64. The van der Waals surface area contributed by atoms with Gasteiger partial charge in [0.2, 0.25) is 0 Å². The van der Waals surface area contributed by atoms with Crippen molar-refractivity contribution in [2.45, 2.75) is 61.4 Å². The molecule has 23 heavy (non-hydrogen) atoms. The third-order valence-electron chi connectivity index (χ3n) is 3.98. The first-order chi connectivity index (χ1) is 10.8. The number of hydrogen-bond acceptors (Lipinski definition) is 11. The highest BCUT2D eigenvalue weighted by Gasteiger charge is 2.50. The van der Waals surface area contributed by atoms with Crippen molar-refractivity contribution in [2.75, 3.05) is 13.2 Å². The van der Waals surface area contributed by atoms with Gasteiger partial charge in [-0.15, -0.1) is 0 Å². The third kappa shape index (κ3) is 3.65. The first kappa shape index (κ1) is 18.9. The lowest BCUT2D eigenvalue weighted by molar-refractivity contribution is -0.355. The Morgan fingerprint density at radius 2 is 1.22 bits per heavy atom. The Kier molecular flexibility index (Phi) is 6.27. The first-order valence-corrected chi connectivity index (χ1v) is 7.08. The average molecular weight is 342 g/mol. The quantitative estimate of drug-likeness (QED) is 0.243. The van der Waals surface area contributed by atoms with Gasteiger partial charge in [-0.3, -0.25) is 0 Å². The van der Waals surface area contributed by atoms with E-state index >= 15 is 0 Å². The van der Waals surface area contributed by atoms with Crippen LogP contribution in [0.5, 0.6) is 0 Å². The van der Waals surface area contributed by atoms with Crippen LogP contribution in [0, 0.1) is 0 Å². The highest BCUT2D eigenvalue weighted by Crippen LogP contribution is 2.28. The summed E-state index contributed by atoms with van der Waals surface area (Å²) < 4.78 is 15.1. The summed E-state index contributed by atoms with van der Waals surface area (Å²) in [6, 6.07) is 0. The largest absolute Gasteiger partial charge is 0.394 e. The van der Waals surface area contributed by atoms with Crippen molar-refractivity contribution in [1.82, 2.24) is 0 Å². The summed E-state index contributed by atoms with van der Waals surface area (Å²) in [5.74, 6) is 0. The average Bonchev–Trinajstić information content (AvgIpc) is 2.54. The molecule has 0 aromatic carbocycles. The fourth-order valence-electron chi connectivity index (χ4n) is 2.56. The van der Waals surface area contributed by atoms with E-state index in [1.54, 1.807) is 0 Å². The Hall–Kier alpha value is -0.440. The minimum atomic E-state index is -1.76. The summed E-state index contributed by atoms with van der Waals surface area (Å²) >= 11 is 0. The Morgan fingerprint density at radius 3 is 1.78 bits per heavy atom. The SMILES string of the molecule is OC[C@H]1OC(O[C@H]2[C@H](O)[C@@H](CO)OC(O)[C@@H]2O)[C@H](O)[C@@H](O)[C@@H]1O. The molecule has 0 bridgehead atoms. The van der Waals surface area contributed by atoms with Crippen LogP contribution in [0.2, 0.25) is 0 Å².